The SMILES string of the molecule is CNc1cccc(CC(N)c2ccccc2-c2noc3cc(C#N)ccc23)n1. The van der Waals surface area contributed by atoms with Crippen molar-refractivity contribution in [1.82, 2.24) is 10.1 Å². The number of nitriles is 1. The molecule has 2 aromatic heterocycles. The van der Waals surface area contributed by atoms with Gasteiger partial charge in [-0.1, -0.05) is 35.5 Å². The Morgan fingerprint density at radius 2 is 2.00 bits per heavy atom. The highest BCUT2D eigenvalue weighted by atomic mass is 16.5. The summed E-state index contributed by atoms with van der Waals surface area (Å²) < 4.78 is 5.47. The van der Waals surface area contributed by atoms with Gasteiger partial charge in [0.2, 0.25) is 0 Å². The Morgan fingerprint density at radius 1 is 1.14 bits per heavy atom. The van der Waals surface area contributed by atoms with Crippen molar-refractivity contribution in [3.05, 3.63) is 77.5 Å². The maximum atomic E-state index is 9.08. The zero-order chi connectivity index (χ0) is 19.5. The van der Waals surface area contributed by atoms with E-state index in [-0.39, 0.29) is 6.04 Å². The van der Waals surface area contributed by atoms with Crippen LogP contribution in [0.15, 0.2) is 65.2 Å². The first-order valence-electron chi connectivity index (χ1n) is 8.97. The third-order valence-corrected chi connectivity index (χ3v) is 4.71. The lowest BCUT2D eigenvalue weighted by Crippen LogP contribution is -2.15. The Kier molecular flexibility index (Phi) is 4.75. The molecular weight excluding hydrogens is 350 g/mol. The second-order valence-electron chi connectivity index (χ2n) is 6.52. The van der Waals surface area contributed by atoms with E-state index < -0.39 is 0 Å². The molecule has 138 valence electrons. The average Bonchev–Trinajstić information content (AvgIpc) is 3.16. The topological polar surface area (TPSA) is 101 Å². The molecule has 3 N–H and O–H groups in total. The van der Waals surface area contributed by atoms with E-state index in [0.717, 1.165) is 33.7 Å². The summed E-state index contributed by atoms with van der Waals surface area (Å²) in [5.41, 5.74) is 11.2. The van der Waals surface area contributed by atoms with E-state index in [2.05, 4.69) is 21.5 Å². The van der Waals surface area contributed by atoms with E-state index >= 15 is 0 Å². The number of pyridine rings is 1. The molecule has 0 spiro atoms. The summed E-state index contributed by atoms with van der Waals surface area (Å²) in [5.74, 6) is 0.814. The van der Waals surface area contributed by atoms with Gasteiger partial charge in [0.05, 0.1) is 11.6 Å². The third-order valence-electron chi connectivity index (χ3n) is 4.71. The minimum atomic E-state index is -0.249. The maximum absolute atomic E-state index is 9.08. The fourth-order valence-corrected chi connectivity index (χ4v) is 3.31. The molecule has 1 atom stereocenters. The minimum Gasteiger partial charge on any atom is -0.373 e. The third kappa shape index (κ3) is 3.31. The van der Waals surface area contributed by atoms with Crippen molar-refractivity contribution in [2.75, 3.05) is 12.4 Å². The number of hydrogen-bond donors (Lipinski definition) is 2. The van der Waals surface area contributed by atoms with E-state index in [0.29, 0.717) is 17.6 Å². The van der Waals surface area contributed by atoms with E-state index in [1.165, 1.54) is 0 Å². The number of benzene rings is 2. The molecule has 0 aliphatic carbocycles. The summed E-state index contributed by atoms with van der Waals surface area (Å²) in [4.78, 5) is 4.56. The predicted octanol–water partition coefficient (Wildman–Crippen LogP) is 4.05. The second-order valence-corrected chi connectivity index (χ2v) is 6.52. The maximum Gasteiger partial charge on any atom is 0.168 e. The Hall–Kier alpha value is -3.69. The lowest BCUT2D eigenvalue weighted by Gasteiger charge is -2.16. The van der Waals surface area contributed by atoms with Crippen molar-refractivity contribution >= 4 is 16.8 Å². The standard InChI is InChI=1S/C22H19N5O/c1-25-21-8-4-5-15(26-21)12-19(24)16-6-2-3-7-17(16)22-18-10-9-14(13-23)11-20(18)28-27-22/h2-11,19H,12,24H2,1H3,(H,25,26). The van der Waals surface area contributed by atoms with Crippen molar-refractivity contribution < 1.29 is 4.52 Å². The van der Waals surface area contributed by atoms with Crippen molar-refractivity contribution in [3.63, 3.8) is 0 Å². The fraction of sp³-hybridized carbons (Fsp3) is 0.136. The highest BCUT2D eigenvalue weighted by molar-refractivity contribution is 5.93. The number of nitrogens with two attached hydrogens (primary N) is 1. The molecule has 0 radical (unpaired) electrons. The fourth-order valence-electron chi connectivity index (χ4n) is 3.31. The van der Waals surface area contributed by atoms with Gasteiger partial charge in [0.25, 0.3) is 0 Å². The lowest BCUT2D eigenvalue weighted by atomic mass is 9.94. The monoisotopic (exact) mass is 369 g/mol. The summed E-state index contributed by atoms with van der Waals surface area (Å²) in [5, 5.41) is 17.2. The molecule has 2 heterocycles. The van der Waals surface area contributed by atoms with Gasteiger partial charge in [-0.05, 0) is 29.8 Å². The van der Waals surface area contributed by atoms with E-state index in [4.69, 9.17) is 15.5 Å². The van der Waals surface area contributed by atoms with Crippen molar-refractivity contribution in [2.45, 2.75) is 12.5 Å². The van der Waals surface area contributed by atoms with Crippen LogP contribution in [-0.4, -0.2) is 17.2 Å². The number of nitrogens with one attached hydrogen (secondary N) is 1. The van der Waals surface area contributed by atoms with Crippen LogP contribution in [0.25, 0.3) is 22.2 Å². The summed E-state index contributed by atoms with van der Waals surface area (Å²) in [7, 11) is 1.84. The molecule has 28 heavy (non-hydrogen) atoms. The van der Waals surface area contributed by atoms with Gasteiger partial charge in [-0.15, -0.1) is 0 Å². The molecule has 0 bridgehead atoms. The molecule has 0 fully saturated rings. The van der Waals surface area contributed by atoms with Gasteiger partial charge >= 0.3 is 0 Å². The van der Waals surface area contributed by atoms with Crippen LogP contribution in [0.2, 0.25) is 0 Å². The number of nitrogens with zero attached hydrogens (tertiary/aromatic N) is 3. The molecule has 1 unspecified atom stereocenters. The summed E-state index contributed by atoms with van der Waals surface area (Å²) in [6.45, 7) is 0. The molecule has 4 rings (SSSR count). The van der Waals surface area contributed by atoms with Crippen LogP contribution in [0.1, 0.15) is 22.9 Å². The van der Waals surface area contributed by atoms with Crippen LogP contribution >= 0.6 is 0 Å². The van der Waals surface area contributed by atoms with Crippen LogP contribution in [0.4, 0.5) is 5.82 Å². The molecule has 0 amide bonds. The van der Waals surface area contributed by atoms with Gasteiger partial charge in [-0.25, -0.2) is 4.98 Å². The number of fused-ring (bicyclic) bond motifs is 1. The number of anilines is 1. The Balaban J connectivity index is 1.72. The van der Waals surface area contributed by atoms with Crippen molar-refractivity contribution in [3.8, 4) is 17.3 Å². The van der Waals surface area contributed by atoms with Gasteiger partial charge in [0, 0.05) is 42.2 Å². The molecule has 0 aliphatic heterocycles. The first-order valence-corrected chi connectivity index (χ1v) is 8.97. The summed E-state index contributed by atoms with van der Waals surface area (Å²) >= 11 is 0. The van der Waals surface area contributed by atoms with E-state index in [1.807, 2.05) is 55.6 Å². The van der Waals surface area contributed by atoms with Crippen molar-refractivity contribution in [2.24, 2.45) is 5.73 Å². The molecule has 6 nitrogen and oxygen atoms in total. The van der Waals surface area contributed by atoms with Gasteiger partial charge in [-0.2, -0.15) is 5.26 Å². The molecular formula is C22H19N5O. The highest BCUT2D eigenvalue weighted by Gasteiger charge is 2.18. The lowest BCUT2D eigenvalue weighted by molar-refractivity contribution is 0.459. The number of hydrogen-bond acceptors (Lipinski definition) is 6. The van der Waals surface area contributed by atoms with Crippen LogP contribution in [-0.2, 0) is 6.42 Å². The zero-order valence-corrected chi connectivity index (χ0v) is 15.4. The Labute approximate surface area is 162 Å². The summed E-state index contributed by atoms with van der Waals surface area (Å²) in [6.07, 6.45) is 0.598. The number of rotatable bonds is 5. The summed E-state index contributed by atoms with van der Waals surface area (Å²) in [6, 6.07) is 20.9. The molecule has 0 aliphatic rings. The molecule has 4 aromatic rings. The van der Waals surface area contributed by atoms with E-state index in [9.17, 15) is 0 Å². The molecule has 2 aromatic carbocycles. The quantitative estimate of drug-likeness (QED) is 0.550. The average molecular weight is 369 g/mol. The second kappa shape index (κ2) is 7.51. The van der Waals surface area contributed by atoms with Gasteiger partial charge in [0.15, 0.2) is 5.58 Å². The zero-order valence-electron chi connectivity index (χ0n) is 15.4. The smallest absolute Gasteiger partial charge is 0.168 e. The van der Waals surface area contributed by atoms with E-state index in [1.54, 1.807) is 12.1 Å². The highest BCUT2D eigenvalue weighted by Crippen LogP contribution is 2.33. The van der Waals surface area contributed by atoms with Crippen LogP contribution in [0.3, 0.4) is 0 Å². The largest absolute Gasteiger partial charge is 0.373 e. The molecule has 6 heteroatoms. The number of aromatic nitrogens is 2. The van der Waals surface area contributed by atoms with Gasteiger partial charge in [-0.3, -0.25) is 0 Å². The van der Waals surface area contributed by atoms with Crippen LogP contribution < -0.4 is 11.1 Å². The normalized spacial score (nSPS) is 11.9. The van der Waals surface area contributed by atoms with Gasteiger partial charge < -0.3 is 15.6 Å². The minimum absolute atomic E-state index is 0.249. The van der Waals surface area contributed by atoms with Crippen molar-refractivity contribution in [1.29, 1.82) is 5.26 Å². The van der Waals surface area contributed by atoms with Crippen LogP contribution in [0, 0.1) is 11.3 Å². The Bertz CT molecular complexity index is 1170. The molecule has 0 saturated carbocycles. The first-order chi connectivity index (χ1) is 13.7. The van der Waals surface area contributed by atoms with Crippen LogP contribution in [0.5, 0.6) is 0 Å². The van der Waals surface area contributed by atoms with Gasteiger partial charge in [0.1, 0.15) is 11.5 Å². The predicted molar refractivity (Wildman–Crippen MR) is 109 cm³/mol. The first kappa shape index (κ1) is 17.7. The Morgan fingerprint density at radius 3 is 2.82 bits per heavy atom. The molecule has 0 saturated heterocycles.